The fraction of sp³-hybridized carbons (Fsp3) is 0.417. The summed E-state index contributed by atoms with van der Waals surface area (Å²) >= 11 is 0. The van der Waals surface area contributed by atoms with Gasteiger partial charge in [-0.1, -0.05) is 42.5 Å². The van der Waals surface area contributed by atoms with Crippen LogP contribution in [0.2, 0.25) is 0 Å². The number of rotatable bonds is 13. The van der Waals surface area contributed by atoms with Gasteiger partial charge in [-0.05, 0) is 36.6 Å². The molecule has 2 aromatic rings. The summed E-state index contributed by atoms with van der Waals surface area (Å²) in [6.45, 7) is 2.04. The zero-order valence-corrected chi connectivity index (χ0v) is 20.6. The maximum absolute atomic E-state index is 13.4. The van der Waals surface area contributed by atoms with Crippen molar-refractivity contribution in [1.82, 2.24) is 14.5 Å². The number of benzene rings is 2. The Balaban J connectivity index is 2.23. The predicted octanol–water partition coefficient (Wildman–Crippen LogP) is 2.16. The Hall–Kier alpha value is -2.82. The Bertz CT molecular complexity index is 1030. The average Bonchev–Trinajstić information content (AvgIpc) is 2.80. The van der Waals surface area contributed by atoms with Crippen molar-refractivity contribution in [3.63, 3.8) is 0 Å². The number of carbonyl (C=O) groups excluding carboxylic acids is 2. The van der Waals surface area contributed by atoms with Gasteiger partial charge >= 0.3 is 0 Å². The van der Waals surface area contributed by atoms with E-state index in [9.17, 15) is 22.4 Å². The number of amides is 2. The molecular weight excluding hydrogens is 461 g/mol. The molecule has 0 saturated heterocycles. The van der Waals surface area contributed by atoms with Crippen LogP contribution in [0.4, 0.5) is 4.39 Å². The van der Waals surface area contributed by atoms with Gasteiger partial charge in [-0.25, -0.2) is 12.8 Å². The molecule has 0 saturated carbocycles. The fourth-order valence-electron chi connectivity index (χ4n) is 3.26. The van der Waals surface area contributed by atoms with Crippen molar-refractivity contribution >= 4 is 21.8 Å². The van der Waals surface area contributed by atoms with Crippen molar-refractivity contribution < 1.29 is 27.1 Å². The first-order valence-electron chi connectivity index (χ1n) is 10.9. The van der Waals surface area contributed by atoms with Gasteiger partial charge in [-0.2, -0.15) is 4.31 Å². The van der Waals surface area contributed by atoms with E-state index < -0.39 is 34.3 Å². The summed E-state index contributed by atoms with van der Waals surface area (Å²) in [5, 5.41) is 2.77. The number of halogens is 1. The molecule has 10 heteroatoms. The maximum Gasteiger partial charge on any atom is 0.242 e. The zero-order chi connectivity index (χ0) is 25.1. The molecule has 1 N–H and O–H groups in total. The van der Waals surface area contributed by atoms with Gasteiger partial charge in [0.25, 0.3) is 0 Å². The van der Waals surface area contributed by atoms with E-state index in [0.29, 0.717) is 25.1 Å². The van der Waals surface area contributed by atoms with Gasteiger partial charge in [0.15, 0.2) is 0 Å². The van der Waals surface area contributed by atoms with E-state index in [2.05, 4.69) is 5.32 Å². The Morgan fingerprint density at radius 2 is 1.65 bits per heavy atom. The van der Waals surface area contributed by atoms with Gasteiger partial charge in [0, 0.05) is 33.4 Å². The van der Waals surface area contributed by atoms with E-state index in [4.69, 9.17) is 4.74 Å². The highest BCUT2D eigenvalue weighted by Crippen LogP contribution is 2.14. The summed E-state index contributed by atoms with van der Waals surface area (Å²) in [5.41, 5.74) is 1.34. The Kier molecular flexibility index (Phi) is 10.6. The molecule has 2 amide bonds. The standard InChI is InChI=1S/C24H32FN3O5S/c1-19(24(30)26-14-7-15-33-2)28(17-21-10-12-22(25)13-11-21)23(29)18-27(34(3,31)32)16-20-8-5-4-6-9-20/h4-6,8-13,19H,7,14-18H2,1-3H3,(H,26,30). The van der Waals surface area contributed by atoms with Crippen molar-refractivity contribution in [3.05, 3.63) is 71.5 Å². The topological polar surface area (TPSA) is 96.0 Å². The Morgan fingerprint density at radius 3 is 2.24 bits per heavy atom. The third-order valence-corrected chi connectivity index (χ3v) is 6.44. The number of carbonyl (C=O) groups is 2. The first-order chi connectivity index (χ1) is 16.1. The van der Waals surface area contributed by atoms with Gasteiger partial charge in [0.1, 0.15) is 11.9 Å². The van der Waals surface area contributed by atoms with Crippen LogP contribution in [-0.2, 0) is 37.4 Å². The summed E-state index contributed by atoms with van der Waals surface area (Å²) in [6.07, 6.45) is 1.65. The fourth-order valence-corrected chi connectivity index (χ4v) is 3.99. The van der Waals surface area contributed by atoms with Crippen LogP contribution in [0.3, 0.4) is 0 Å². The number of nitrogens with zero attached hydrogens (tertiary/aromatic N) is 2. The lowest BCUT2D eigenvalue weighted by atomic mass is 10.1. The molecule has 0 radical (unpaired) electrons. The van der Waals surface area contributed by atoms with E-state index in [1.54, 1.807) is 38.3 Å². The Morgan fingerprint density at radius 1 is 1.03 bits per heavy atom. The molecule has 0 aliphatic heterocycles. The molecule has 2 aromatic carbocycles. The monoisotopic (exact) mass is 493 g/mol. The SMILES string of the molecule is COCCCNC(=O)C(C)N(Cc1ccc(F)cc1)C(=O)CN(Cc1ccccc1)S(C)(=O)=O. The molecule has 0 spiro atoms. The molecular formula is C24H32FN3O5S. The van der Waals surface area contributed by atoms with Crippen LogP contribution in [0.1, 0.15) is 24.5 Å². The molecule has 1 unspecified atom stereocenters. The minimum atomic E-state index is -3.71. The number of hydrogen-bond acceptors (Lipinski definition) is 5. The number of ether oxygens (including phenoxy) is 1. The molecule has 0 bridgehead atoms. The largest absolute Gasteiger partial charge is 0.385 e. The number of sulfonamides is 1. The highest BCUT2D eigenvalue weighted by Gasteiger charge is 2.29. The summed E-state index contributed by atoms with van der Waals surface area (Å²) in [5.74, 6) is -1.33. The predicted molar refractivity (Wildman–Crippen MR) is 128 cm³/mol. The lowest BCUT2D eigenvalue weighted by Crippen LogP contribution is -2.51. The molecule has 8 nitrogen and oxygen atoms in total. The van der Waals surface area contributed by atoms with Crippen LogP contribution in [0.5, 0.6) is 0 Å². The van der Waals surface area contributed by atoms with Crippen LogP contribution in [0.15, 0.2) is 54.6 Å². The normalized spacial score (nSPS) is 12.4. The van der Waals surface area contributed by atoms with Gasteiger partial charge in [-0.3, -0.25) is 9.59 Å². The van der Waals surface area contributed by atoms with Crippen LogP contribution in [0, 0.1) is 5.82 Å². The second-order valence-corrected chi connectivity index (χ2v) is 9.96. The first-order valence-corrected chi connectivity index (χ1v) is 12.8. The average molecular weight is 494 g/mol. The van der Waals surface area contributed by atoms with Crippen LogP contribution in [-0.4, -0.2) is 68.5 Å². The van der Waals surface area contributed by atoms with Crippen LogP contribution >= 0.6 is 0 Å². The molecule has 0 aliphatic carbocycles. The van der Waals surface area contributed by atoms with E-state index in [0.717, 1.165) is 16.1 Å². The lowest BCUT2D eigenvalue weighted by molar-refractivity contribution is -0.140. The second kappa shape index (κ2) is 13.2. The quantitative estimate of drug-likeness (QED) is 0.432. The molecule has 0 fully saturated rings. The van der Waals surface area contributed by atoms with Gasteiger partial charge in [-0.15, -0.1) is 0 Å². The molecule has 0 heterocycles. The minimum absolute atomic E-state index is 0.0212. The van der Waals surface area contributed by atoms with Crippen LogP contribution < -0.4 is 5.32 Å². The van der Waals surface area contributed by atoms with Crippen molar-refractivity contribution in [3.8, 4) is 0 Å². The van der Waals surface area contributed by atoms with Gasteiger partial charge in [0.2, 0.25) is 21.8 Å². The van der Waals surface area contributed by atoms with Crippen molar-refractivity contribution in [2.24, 2.45) is 0 Å². The van der Waals surface area contributed by atoms with E-state index in [-0.39, 0.29) is 19.0 Å². The second-order valence-electron chi connectivity index (χ2n) is 7.98. The van der Waals surface area contributed by atoms with Gasteiger partial charge in [0.05, 0.1) is 12.8 Å². The molecule has 186 valence electrons. The maximum atomic E-state index is 13.4. The van der Waals surface area contributed by atoms with E-state index in [1.165, 1.54) is 29.2 Å². The highest BCUT2D eigenvalue weighted by molar-refractivity contribution is 7.88. The first kappa shape index (κ1) is 27.4. The molecule has 2 rings (SSSR count). The van der Waals surface area contributed by atoms with Crippen molar-refractivity contribution in [2.45, 2.75) is 32.5 Å². The lowest BCUT2D eigenvalue weighted by Gasteiger charge is -2.31. The smallest absolute Gasteiger partial charge is 0.242 e. The summed E-state index contributed by atoms with van der Waals surface area (Å²) < 4.78 is 44.2. The van der Waals surface area contributed by atoms with Crippen molar-refractivity contribution in [1.29, 1.82) is 0 Å². The third kappa shape index (κ3) is 8.85. The van der Waals surface area contributed by atoms with Crippen LogP contribution in [0.25, 0.3) is 0 Å². The molecule has 0 aliphatic rings. The highest BCUT2D eigenvalue weighted by atomic mass is 32.2. The van der Waals surface area contributed by atoms with E-state index in [1.807, 2.05) is 6.07 Å². The molecule has 1 atom stereocenters. The van der Waals surface area contributed by atoms with Gasteiger partial charge < -0.3 is 15.0 Å². The zero-order valence-electron chi connectivity index (χ0n) is 19.7. The number of nitrogens with one attached hydrogen (secondary N) is 1. The summed E-state index contributed by atoms with van der Waals surface area (Å²) in [7, 11) is -2.15. The minimum Gasteiger partial charge on any atom is -0.385 e. The number of methoxy groups -OCH3 is 1. The molecule has 0 aromatic heterocycles. The van der Waals surface area contributed by atoms with E-state index >= 15 is 0 Å². The summed E-state index contributed by atoms with van der Waals surface area (Å²) in [4.78, 5) is 27.4. The summed E-state index contributed by atoms with van der Waals surface area (Å²) in [6, 6.07) is 13.6. The third-order valence-electron chi connectivity index (χ3n) is 5.24. The Labute approximate surface area is 200 Å². The number of hydrogen-bond donors (Lipinski definition) is 1. The molecule has 34 heavy (non-hydrogen) atoms. The van der Waals surface area contributed by atoms with Crippen molar-refractivity contribution in [2.75, 3.05) is 33.1 Å².